The highest BCUT2D eigenvalue weighted by Gasteiger charge is 2.39. The van der Waals surface area contributed by atoms with Crippen LogP contribution < -0.4 is 25.5 Å². The summed E-state index contributed by atoms with van der Waals surface area (Å²) in [6, 6.07) is 10.1. The highest BCUT2D eigenvalue weighted by molar-refractivity contribution is 7.88. The standard InChI is InChI=1S/C28H33F3N8O4S/c1-38-10-12-39(13-11-38)36-26(40)18-8-9-21(23(15-18)43-2)34-27-32-16-20(28(29,30)31)25(35-27)33-22-14-17-6-4-5-7-19(17)24(22)37-44(3,41)42/h4-9,15-16,22,24,37H,10-14H2,1-3H3,(H,36,40)(H2,32,33,34,35)/t22-,24?/m1/s1. The van der Waals surface area contributed by atoms with Crippen LogP contribution in [0.25, 0.3) is 0 Å². The quantitative estimate of drug-likeness (QED) is 0.278. The average Bonchev–Trinajstić information content (AvgIpc) is 3.29. The first kappa shape index (κ1) is 31.4. The van der Waals surface area contributed by atoms with E-state index in [1.54, 1.807) is 36.4 Å². The lowest BCUT2D eigenvalue weighted by molar-refractivity contribution is -0.137. The Balaban J connectivity index is 1.38. The second-order valence-electron chi connectivity index (χ2n) is 10.7. The van der Waals surface area contributed by atoms with Gasteiger partial charge in [-0.3, -0.25) is 10.2 Å². The number of piperazine rings is 1. The topological polar surface area (TPSA) is 141 Å². The lowest BCUT2D eigenvalue weighted by atomic mass is 10.1. The summed E-state index contributed by atoms with van der Waals surface area (Å²) in [6.07, 6.45) is -2.88. The van der Waals surface area contributed by atoms with E-state index < -0.39 is 39.7 Å². The summed E-state index contributed by atoms with van der Waals surface area (Å²) in [7, 11) is -0.287. The summed E-state index contributed by atoms with van der Waals surface area (Å²) in [5.74, 6) is -0.768. The maximum atomic E-state index is 14.0. The van der Waals surface area contributed by atoms with Crippen LogP contribution in [0, 0.1) is 0 Å². The molecule has 0 saturated carbocycles. The van der Waals surface area contributed by atoms with Crippen LogP contribution in [0.5, 0.6) is 5.75 Å². The summed E-state index contributed by atoms with van der Waals surface area (Å²) in [5, 5.41) is 7.54. The maximum absolute atomic E-state index is 14.0. The van der Waals surface area contributed by atoms with Crippen LogP contribution in [0.1, 0.15) is 33.1 Å². The van der Waals surface area contributed by atoms with Crippen LogP contribution in [0.3, 0.4) is 0 Å². The second kappa shape index (κ2) is 12.6. The number of alkyl halides is 3. The smallest absolute Gasteiger partial charge is 0.421 e. The molecular formula is C28H33F3N8O4S. The third kappa shape index (κ3) is 7.38. The van der Waals surface area contributed by atoms with E-state index in [2.05, 4.69) is 35.6 Å². The fourth-order valence-corrected chi connectivity index (χ4v) is 5.98. The van der Waals surface area contributed by atoms with Gasteiger partial charge in [-0.25, -0.2) is 23.1 Å². The number of anilines is 3. The molecular weight excluding hydrogens is 601 g/mol. The monoisotopic (exact) mass is 634 g/mol. The molecule has 1 amide bonds. The predicted octanol–water partition coefficient (Wildman–Crippen LogP) is 2.77. The highest BCUT2D eigenvalue weighted by atomic mass is 32.2. The number of ether oxygens (including phenoxy) is 1. The van der Waals surface area contributed by atoms with Gasteiger partial charge in [0.1, 0.15) is 17.1 Å². The van der Waals surface area contributed by atoms with Gasteiger partial charge in [-0.05, 0) is 42.8 Å². The summed E-state index contributed by atoms with van der Waals surface area (Å²) in [5.41, 5.74) is 3.87. The molecule has 236 valence electrons. The number of nitrogens with zero attached hydrogens (tertiary/aromatic N) is 4. The second-order valence-corrected chi connectivity index (χ2v) is 12.5. The molecule has 1 aliphatic carbocycles. The van der Waals surface area contributed by atoms with Gasteiger partial charge in [0.15, 0.2) is 0 Å². The molecule has 1 aromatic heterocycles. The van der Waals surface area contributed by atoms with Crippen LogP contribution in [0.15, 0.2) is 48.7 Å². The number of amides is 1. The molecule has 44 heavy (non-hydrogen) atoms. The van der Waals surface area contributed by atoms with Gasteiger partial charge in [0.25, 0.3) is 5.91 Å². The first-order valence-corrected chi connectivity index (χ1v) is 15.7. The van der Waals surface area contributed by atoms with Crippen molar-refractivity contribution in [2.45, 2.75) is 24.7 Å². The van der Waals surface area contributed by atoms with E-state index in [0.29, 0.717) is 36.1 Å². The largest absolute Gasteiger partial charge is 0.495 e. The molecule has 2 aromatic carbocycles. The Kier molecular flexibility index (Phi) is 8.97. The molecule has 2 heterocycles. The number of hydrazine groups is 1. The number of rotatable bonds is 9. The van der Waals surface area contributed by atoms with Gasteiger partial charge in [0.05, 0.1) is 31.1 Å². The lowest BCUT2D eigenvalue weighted by Crippen LogP contribution is -2.52. The normalized spacial score (nSPS) is 19.3. The van der Waals surface area contributed by atoms with Crippen molar-refractivity contribution >= 4 is 33.4 Å². The number of aromatic nitrogens is 2. The third-order valence-corrected chi connectivity index (χ3v) is 8.14. The van der Waals surface area contributed by atoms with Crippen LogP contribution in [0.4, 0.5) is 30.6 Å². The molecule has 0 bridgehead atoms. The van der Waals surface area contributed by atoms with E-state index in [9.17, 15) is 26.4 Å². The summed E-state index contributed by atoms with van der Waals surface area (Å²) in [6.45, 7) is 3.00. The number of benzene rings is 2. The van der Waals surface area contributed by atoms with Crippen molar-refractivity contribution in [3.63, 3.8) is 0 Å². The van der Waals surface area contributed by atoms with Crippen LogP contribution >= 0.6 is 0 Å². The molecule has 4 N–H and O–H groups in total. The van der Waals surface area contributed by atoms with Gasteiger partial charge in [-0.1, -0.05) is 24.3 Å². The fraction of sp³-hybridized carbons (Fsp3) is 0.393. The molecule has 5 rings (SSSR count). The minimum Gasteiger partial charge on any atom is -0.495 e. The molecule has 3 aromatic rings. The Hall–Kier alpha value is -3.99. The van der Waals surface area contributed by atoms with Crippen molar-refractivity contribution in [2.24, 2.45) is 0 Å². The zero-order valence-electron chi connectivity index (χ0n) is 24.3. The Morgan fingerprint density at radius 1 is 1.09 bits per heavy atom. The minimum atomic E-state index is -4.79. The zero-order valence-corrected chi connectivity index (χ0v) is 25.1. The third-order valence-electron chi connectivity index (χ3n) is 7.46. The van der Waals surface area contributed by atoms with E-state index in [0.717, 1.165) is 24.9 Å². The molecule has 0 spiro atoms. The number of hydrogen-bond acceptors (Lipinski definition) is 10. The first-order valence-electron chi connectivity index (χ1n) is 13.8. The number of halogens is 3. The number of carbonyl (C=O) groups excluding carboxylic acids is 1. The van der Waals surface area contributed by atoms with Crippen LogP contribution in [-0.4, -0.2) is 86.8 Å². The van der Waals surface area contributed by atoms with Crippen molar-refractivity contribution in [2.75, 3.05) is 57.2 Å². The molecule has 1 saturated heterocycles. The average molecular weight is 635 g/mol. The minimum absolute atomic E-state index is 0.170. The van der Waals surface area contributed by atoms with Gasteiger partial charge in [-0.2, -0.15) is 18.2 Å². The number of likely N-dealkylation sites (N-methyl/N-ethyl adjacent to an activating group) is 1. The molecule has 1 aliphatic heterocycles. The number of fused-ring (bicyclic) bond motifs is 1. The van der Waals surface area contributed by atoms with Gasteiger partial charge in [-0.15, -0.1) is 0 Å². The summed E-state index contributed by atoms with van der Waals surface area (Å²) < 4.78 is 74.3. The number of carbonyl (C=O) groups is 1. The molecule has 0 radical (unpaired) electrons. The number of methoxy groups -OCH3 is 1. The maximum Gasteiger partial charge on any atom is 0.421 e. The lowest BCUT2D eigenvalue weighted by Gasteiger charge is -2.32. The van der Waals surface area contributed by atoms with Gasteiger partial charge < -0.3 is 20.3 Å². The van der Waals surface area contributed by atoms with Crippen LogP contribution in [0.2, 0.25) is 0 Å². The van der Waals surface area contributed by atoms with Gasteiger partial charge >= 0.3 is 6.18 Å². The summed E-state index contributed by atoms with van der Waals surface area (Å²) >= 11 is 0. The van der Waals surface area contributed by atoms with E-state index in [4.69, 9.17) is 4.74 Å². The molecule has 1 unspecified atom stereocenters. The van der Waals surface area contributed by atoms with Crippen molar-refractivity contribution < 1.29 is 31.1 Å². The Bertz CT molecular complexity index is 1630. The number of sulfonamides is 1. The first-order chi connectivity index (χ1) is 20.8. The van der Waals surface area contributed by atoms with Crippen molar-refractivity contribution in [3.8, 4) is 5.75 Å². The van der Waals surface area contributed by atoms with E-state index >= 15 is 0 Å². The molecule has 16 heteroatoms. The van der Waals surface area contributed by atoms with Crippen molar-refractivity contribution in [1.29, 1.82) is 0 Å². The Morgan fingerprint density at radius 3 is 2.50 bits per heavy atom. The predicted molar refractivity (Wildman–Crippen MR) is 158 cm³/mol. The Morgan fingerprint density at radius 2 is 1.82 bits per heavy atom. The van der Waals surface area contributed by atoms with E-state index in [-0.39, 0.29) is 24.0 Å². The number of hydrogen-bond donors (Lipinski definition) is 4. The van der Waals surface area contributed by atoms with Gasteiger partial charge in [0, 0.05) is 37.9 Å². The van der Waals surface area contributed by atoms with E-state index in [1.807, 2.05) is 12.1 Å². The molecule has 2 aliphatic rings. The fourth-order valence-electron chi connectivity index (χ4n) is 5.22. The van der Waals surface area contributed by atoms with Crippen molar-refractivity contribution in [1.82, 2.24) is 30.0 Å². The highest BCUT2D eigenvalue weighted by Crippen LogP contribution is 2.38. The SMILES string of the molecule is COc1cc(C(=O)NN2CCN(C)CC2)ccc1Nc1ncc(C(F)(F)F)c(N[C@@H]2Cc3ccccc3C2NS(C)(=O)=O)n1. The number of nitrogens with one attached hydrogen (secondary N) is 4. The van der Waals surface area contributed by atoms with Gasteiger partial charge in [0.2, 0.25) is 16.0 Å². The van der Waals surface area contributed by atoms with Crippen LogP contribution in [-0.2, 0) is 22.6 Å². The molecule has 1 fully saturated rings. The summed E-state index contributed by atoms with van der Waals surface area (Å²) in [4.78, 5) is 23.0. The Labute approximate surface area is 253 Å². The molecule has 2 atom stereocenters. The zero-order chi connectivity index (χ0) is 31.6. The van der Waals surface area contributed by atoms with E-state index in [1.165, 1.54) is 13.2 Å². The molecule has 12 nitrogen and oxygen atoms in total. The van der Waals surface area contributed by atoms with Crippen molar-refractivity contribution in [3.05, 3.63) is 70.9 Å².